The highest BCUT2D eigenvalue weighted by atomic mass is 16.4. The number of rotatable bonds is 5. The number of nitrogens with zero attached hydrogens (tertiary/aromatic N) is 1. The highest BCUT2D eigenvalue weighted by molar-refractivity contribution is 5.87. The van der Waals surface area contributed by atoms with E-state index in [2.05, 4.69) is 36.1 Å². The van der Waals surface area contributed by atoms with E-state index in [0.29, 0.717) is 5.56 Å². The van der Waals surface area contributed by atoms with Gasteiger partial charge in [-0.15, -0.1) is 0 Å². The molecule has 0 fully saturated rings. The first-order valence-electron chi connectivity index (χ1n) is 8.31. The molecule has 3 nitrogen and oxygen atoms in total. The van der Waals surface area contributed by atoms with E-state index in [1.54, 1.807) is 6.07 Å². The van der Waals surface area contributed by atoms with Crippen molar-refractivity contribution in [2.75, 3.05) is 13.1 Å². The predicted molar refractivity (Wildman–Crippen MR) is 91.9 cm³/mol. The van der Waals surface area contributed by atoms with Crippen LogP contribution in [0.3, 0.4) is 0 Å². The van der Waals surface area contributed by atoms with Crippen LogP contribution in [0.1, 0.15) is 39.5 Å². The largest absolute Gasteiger partial charge is 0.478 e. The van der Waals surface area contributed by atoms with Crippen molar-refractivity contribution in [1.29, 1.82) is 0 Å². The molecule has 0 bridgehead atoms. The van der Waals surface area contributed by atoms with Crippen molar-refractivity contribution in [3.63, 3.8) is 0 Å². The molecular formula is C20H23NO2. The maximum absolute atomic E-state index is 11.1. The summed E-state index contributed by atoms with van der Waals surface area (Å²) in [7, 11) is 0. The van der Waals surface area contributed by atoms with Crippen LogP contribution in [0.25, 0.3) is 0 Å². The monoisotopic (exact) mass is 309 g/mol. The first-order chi connectivity index (χ1) is 11.2. The van der Waals surface area contributed by atoms with Crippen LogP contribution in [0, 0.1) is 0 Å². The van der Waals surface area contributed by atoms with Crippen LogP contribution in [0.2, 0.25) is 0 Å². The normalized spacial score (nSPS) is 14.5. The molecule has 120 valence electrons. The van der Waals surface area contributed by atoms with Crippen LogP contribution in [0.5, 0.6) is 0 Å². The summed E-state index contributed by atoms with van der Waals surface area (Å²) in [4.78, 5) is 13.6. The summed E-state index contributed by atoms with van der Waals surface area (Å²) in [6, 6.07) is 14.2. The molecule has 0 saturated carbocycles. The Kier molecular flexibility index (Phi) is 4.77. The third-order valence-corrected chi connectivity index (χ3v) is 4.74. The Morgan fingerprint density at radius 1 is 1.13 bits per heavy atom. The maximum Gasteiger partial charge on any atom is 0.335 e. The maximum atomic E-state index is 11.1. The van der Waals surface area contributed by atoms with Crippen molar-refractivity contribution in [3.8, 4) is 0 Å². The van der Waals surface area contributed by atoms with Crippen molar-refractivity contribution in [1.82, 2.24) is 4.90 Å². The molecule has 1 aliphatic rings. The smallest absolute Gasteiger partial charge is 0.335 e. The fraction of sp³-hybridized carbons (Fsp3) is 0.350. The first-order valence-corrected chi connectivity index (χ1v) is 8.31. The molecule has 0 radical (unpaired) electrons. The summed E-state index contributed by atoms with van der Waals surface area (Å²) in [6.45, 7) is 5.12. The molecule has 0 saturated heterocycles. The number of hydrogen-bond acceptors (Lipinski definition) is 2. The molecule has 0 spiro atoms. The fourth-order valence-electron chi connectivity index (χ4n) is 3.36. The Balaban J connectivity index is 1.67. The molecule has 0 aliphatic carbocycles. The lowest BCUT2D eigenvalue weighted by Crippen LogP contribution is -2.32. The second-order valence-electron chi connectivity index (χ2n) is 6.19. The molecule has 0 aromatic heterocycles. The molecule has 2 aromatic carbocycles. The fourth-order valence-corrected chi connectivity index (χ4v) is 3.36. The molecule has 1 aliphatic heterocycles. The third kappa shape index (κ3) is 3.62. The zero-order valence-electron chi connectivity index (χ0n) is 13.6. The average Bonchev–Trinajstić information content (AvgIpc) is 2.59. The number of carbonyl (C=O) groups is 1. The van der Waals surface area contributed by atoms with E-state index in [-0.39, 0.29) is 0 Å². The minimum absolute atomic E-state index is 0.391. The summed E-state index contributed by atoms with van der Waals surface area (Å²) in [5.74, 6) is -0.846. The molecule has 3 heteroatoms. The van der Waals surface area contributed by atoms with Gasteiger partial charge in [0.1, 0.15) is 0 Å². The van der Waals surface area contributed by atoms with Crippen LogP contribution in [-0.2, 0) is 25.8 Å². The van der Waals surface area contributed by atoms with Gasteiger partial charge in [0.05, 0.1) is 5.56 Å². The number of fused-ring (bicyclic) bond motifs is 1. The summed E-state index contributed by atoms with van der Waals surface area (Å²) in [5, 5.41) is 9.15. The van der Waals surface area contributed by atoms with Crippen molar-refractivity contribution in [2.24, 2.45) is 0 Å². The molecular weight excluding hydrogens is 286 g/mol. The Morgan fingerprint density at radius 3 is 2.65 bits per heavy atom. The number of aromatic carboxylic acids is 1. The van der Waals surface area contributed by atoms with Crippen molar-refractivity contribution >= 4 is 5.97 Å². The van der Waals surface area contributed by atoms with Gasteiger partial charge in [-0.3, -0.25) is 4.90 Å². The second kappa shape index (κ2) is 6.97. The molecule has 1 heterocycles. The van der Waals surface area contributed by atoms with E-state index < -0.39 is 5.97 Å². The number of carboxylic acids is 1. The Morgan fingerprint density at radius 2 is 1.91 bits per heavy atom. The summed E-state index contributed by atoms with van der Waals surface area (Å²) >= 11 is 0. The highest BCUT2D eigenvalue weighted by Crippen LogP contribution is 2.21. The summed E-state index contributed by atoms with van der Waals surface area (Å²) in [6.07, 6.45) is 3.13. The van der Waals surface area contributed by atoms with Gasteiger partial charge in [0.2, 0.25) is 0 Å². The number of aryl methyl sites for hydroxylation is 1. The highest BCUT2D eigenvalue weighted by Gasteiger charge is 2.17. The lowest BCUT2D eigenvalue weighted by atomic mass is 9.96. The Labute approximate surface area is 137 Å². The molecule has 2 aromatic rings. The number of carboxylic acid groups (broad SMARTS) is 1. The Hall–Kier alpha value is -2.13. The van der Waals surface area contributed by atoms with Gasteiger partial charge in [-0.25, -0.2) is 4.79 Å². The molecule has 1 N–H and O–H groups in total. The van der Waals surface area contributed by atoms with E-state index in [0.717, 1.165) is 38.9 Å². The second-order valence-corrected chi connectivity index (χ2v) is 6.19. The average molecular weight is 309 g/mol. The lowest BCUT2D eigenvalue weighted by Gasteiger charge is -2.29. The van der Waals surface area contributed by atoms with E-state index in [1.165, 1.54) is 22.3 Å². The van der Waals surface area contributed by atoms with Crippen LogP contribution in [-0.4, -0.2) is 29.1 Å². The van der Waals surface area contributed by atoms with Crippen molar-refractivity contribution < 1.29 is 9.90 Å². The van der Waals surface area contributed by atoms with Gasteiger partial charge in [0.15, 0.2) is 0 Å². The van der Waals surface area contributed by atoms with Gasteiger partial charge < -0.3 is 5.11 Å². The van der Waals surface area contributed by atoms with E-state index in [4.69, 9.17) is 5.11 Å². The molecule has 3 rings (SSSR count). The van der Waals surface area contributed by atoms with Crippen LogP contribution in [0.4, 0.5) is 0 Å². The van der Waals surface area contributed by atoms with Gasteiger partial charge in [-0.1, -0.05) is 37.3 Å². The third-order valence-electron chi connectivity index (χ3n) is 4.74. The van der Waals surface area contributed by atoms with Crippen LogP contribution in [0.15, 0.2) is 42.5 Å². The molecule has 23 heavy (non-hydrogen) atoms. The SMILES string of the molecule is CCc1ccccc1CCN1CCc2ccc(C(=O)O)cc2C1. The summed E-state index contributed by atoms with van der Waals surface area (Å²) < 4.78 is 0. The van der Waals surface area contributed by atoms with E-state index >= 15 is 0 Å². The Bertz CT molecular complexity index is 709. The van der Waals surface area contributed by atoms with E-state index in [1.807, 2.05) is 12.1 Å². The van der Waals surface area contributed by atoms with Crippen molar-refractivity contribution in [3.05, 3.63) is 70.3 Å². The lowest BCUT2D eigenvalue weighted by molar-refractivity contribution is 0.0696. The summed E-state index contributed by atoms with van der Waals surface area (Å²) in [5.41, 5.74) is 5.71. The molecule has 0 atom stereocenters. The minimum atomic E-state index is -0.846. The number of hydrogen-bond donors (Lipinski definition) is 1. The molecule has 0 amide bonds. The topological polar surface area (TPSA) is 40.5 Å². The van der Waals surface area contributed by atoms with Crippen molar-refractivity contribution in [2.45, 2.75) is 32.7 Å². The van der Waals surface area contributed by atoms with Gasteiger partial charge in [-0.2, -0.15) is 0 Å². The van der Waals surface area contributed by atoms with Gasteiger partial charge in [0.25, 0.3) is 0 Å². The zero-order valence-corrected chi connectivity index (χ0v) is 13.6. The van der Waals surface area contributed by atoms with Crippen LogP contribution < -0.4 is 0 Å². The van der Waals surface area contributed by atoms with Gasteiger partial charge in [-0.05, 0) is 53.6 Å². The predicted octanol–water partition coefficient (Wildman–Crippen LogP) is 3.55. The van der Waals surface area contributed by atoms with Gasteiger partial charge in [0, 0.05) is 19.6 Å². The number of benzene rings is 2. The van der Waals surface area contributed by atoms with Crippen LogP contribution >= 0.6 is 0 Å². The minimum Gasteiger partial charge on any atom is -0.478 e. The van der Waals surface area contributed by atoms with E-state index in [9.17, 15) is 4.79 Å². The molecule has 0 unspecified atom stereocenters. The zero-order chi connectivity index (χ0) is 16.2. The standard InChI is InChI=1S/C20H23NO2/c1-2-15-5-3-4-6-16(15)9-11-21-12-10-17-7-8-18(20(22)23)13-19(17)14-21/h3-8,13H,2,9-12,14H2,1H3,(H,22,23). The first kappa shape index (κ1) is 15.8. The van der Waals surface area contributed by atoms with Gasteiger partial charge >= 0.3 is 5.97 Å². The quantitative estimate of drug-likeness (QED) is 0.918.